The Morgan fingerprint density at radius 3 is 2.58 bits per heavy atom. The van der Waals surface area contributed by atoms with E-state index < -0.39 is 0 Å². The van der Waals surface area contributed by atoms with Crippen LogP contribution in [0.25, 0.3) is 22.2 Å². The fraction of sp³-hybridized carbons (Fsp3) is 0.273. The highest BCUT2D eigenvalue weighted by Gasteiger charge is 2.15. The third-order valence-corrected chi connectivity index (χ3v) is 4.55. The second-order valence-electron chi connectivity index (χ2n) is 6.43. The first-order chi connectivity index (χ1) is 12.6. The van der Waals surface area contributed by atoms with Crippen LogP contribution in [0.5, 0.6) is 0 Å². The Morgan fingerprint density at radius 1 is 1.08 bits per heavy atom. The van der Waals surface area contributed by atoms with Gasteiger partial charge >= 0.3 is 5.97 Å². The molecule has 3 aromatic rings. The monoisotopic (exact) mass is 367 g/mol. The normalized spacial score (nSPS) is 10.9. The molecule has 2 aromatic carbocycles. The maximum Gasteiger partial charge on any atom is 0.338 e. The average molecular weight is 368 g/mol. The molecule has 3 rings (SSSR count). The van der Waals surface area contributed by atoms with Crippen molar-refractivity contribution in [3.05, 3.63) is 64.7 Å². The van der Waals surface area contributed by atoms with Crippen molar-refractivity contribution >= 4 is 28.5 Å². The zero-order chi connectivity index (χ0) is 18.5. The molecule has 134 valence electrons. The number of ether oxygens (including phenoxy) is 1. The molecular formula is C22H22ClNO2. The lowest BCUT2D eigenvalue weighted by Gasteiger charge is -2.11. The SMILES string of the molecule is CCCCCOC(=O)c1cc(-c2ccc(C)cc2)nc2ccc(Cl)cc12. The van der Waals surface area contributed by atoms with Gasteiger partial charge in [0.1, 0.15) is 0 Å². The summed E-state index contributed by atoms with van der Waals surface area (Å²) in [5, 5.41) is 1.29. The van der Waals surface area contributed by atoms with E-state index in [-0.39, 0.29) is 5.97 Å². The summed E-state index contributed by atoms with van der Waals surface area (Å²) in [5.74, 6) is -0.330. The summed E-state index contributed by atoms with van der Waals surface area (Å²) in [4.78, 5) is 17.4. The summed E-state index contributed by atoms with van der Waals surface area (Å²) in [5.41, 5.74) is 4.13. The Balaban J connectivity index is 2.02. The number of carbonyl (C=O) groups is 1. The van der Waals surface area contributed by atoms with E-state index in [4.69, 9.17) is 21.3 Å². The molecule has 0 unspecified atom stereocenters. The van der Waals surface area contributed by atoms with Crippen LogP contribution in [0.4, 0.5) is 0 Å². The van der Waals surface area contributed by atoms with Gasteiger partial charge in [0.15, 0.2) is 0 Å². The third kappa shape index (κ3) is 4.23. The number of nitrogens with zero attached hydrogens (tertiary/aromatic N) is 1. The number of benzene rings is 2. The van der Waals surface area contributed by atoms with Crippen LogP contribution in [0, 0.1) is 6.92 Å². The number of rotatable bonds is 6. The molecule has 0 aliphatic carbocycles. The van der Waals surface area contributed by atoms with E-state index in [9.17, 15) is 4.79 Å². The van der Waals surface area contributed by atoms with Crippen molar-refractivity contribution in [2.24, 2.45) is 0 Å². The van der Waals surface area contributed by atoms with E-state index in [1.165, 1.54) is 5.56 Å². The van der Waals surface area contributed by atoms with Crippen LogP contribution in [0.1, 0.15) is 42.1 Å². The average Bonchev–Trinajstić information content (AvgIpc) is 2.65. The van der Waals surface area contributed by atoms with Gasteiger partial charge in [-0.15, -0.1) is 0 Å². The molecule has 0 spiro atoms. The van der Waals surface area contributed by atoms with Gasteiger partial charge < -0.3 is 4.74 Å². The number of aromatic nitrogens is 1. The van der Waals surface area contributed by atoms with Crippen LogP contribution in [0.3, 0.4) is 0 Å². The number of fused-ring (bicyclic) bond motifs is 1. The highest BCUT2D eigenvalue weighted by molar-refractivity contribution is 6.31. The lowest BCUT2D eigenvalue weighted by atomic mass is 10.0. The van der Waals surface area contributed by atoms with Crippen LogP contribution in [0.15, 0.2) is 48.5 Å². The van der Waals surface area contributed by atoms with Gasteiger partial charge in [0, 0.05) is 16.0 Å². The first-order valence-corrected chi connectivity index (χ1v) is 9.30. The lowest BCUT2D eigenvalue weighted by Crippen LogP contribution is -2.08. The topological polar surface area (TPSA) is 39.2 Å². The van der Waals surface area contributed by atoms with Crippen molar-refractivity contribution in [1.29, 1.82) is 0 Å². The summed E-state index contributed by atoms with van der Waals surface area (Å²) in [7, 11) is 0. The van der Waals surface area contributed by atoms with Gasteiger partial charge in [-0.1, -0.05) is 61.2 Å². The smallest absolute Gasteiger partial charge is 0.338 e. The number of esters is 1. The minimum atomic E-state index is -0.330. The summed E-state index contributed by atoms with van der Waals surface area (Å²) < 4.78 is 5.48. The quantitative estimate of drug-likeness (QED) is 0.384. The van der Waals surface area contributed by atoms with Crippen molar-refractivity contribution in [3.63, 3.8) is 0 Å². The Hall–Kier alpha value is -2.39. The zero-order valence-electron chi connectivity index (χ0n) is 15.1. The Bertz CT molecular complexity index is 919. The molecule has 0 N–H and O–H groups in total. The molecule has 0 saturated heterocycles. The van der Waals surface area contributed by atoms with Gasteiger partial charge in [-0.3, -0.25) is 0 Å². The maximum absolute atomic E-state index is 12.7. The summed E-state index contributed by atoms with van der Waals surface area (Å²) in [6.45, 7) is 4.59. The van der Waals surface area contributed by atoms with Crippen LogP contribution >= 0.6 is 11.6 Å². The summed E-state index contributed by atoms with van der Waals surface area (Å²) >= 11 is 6.14. The van der Waals surface area contributed by atoms with E-state index >= 15 is 0 Å². The number of pyridine rings is 1. The molecule has 0 aliphatic rings. The van der Waals surface area contributed by atoms with E-state index in [1.54, 1.807) is 18.2 Å². The zero-order valence-corrected chi connectivity index (χ0v) is 15.8. The minimum absolute atomic E-state index is 0.330. The Labute approximate surface area is 159 Å². The summed E-state index contributed by atoms with van der Waals surface area (Å²) in [6, 6.07) is 15.3. The summed E-state index contributed by atoms with van der Waals surface area (Å²) in [6.07, 6.45) is 3.00. The van der Waals surface area contributed by atoms with Crippen molar-refractivity contribution in [2.45, 2.75) is 33.1 Å². The van der Waals surface area contributed by atoms with Gasteiger partial charge in [-0.25, -0.2) is 9.78 Å². The molecule has 26 heavy (non-hydrogen) atoms. The first kappa shape index (κ1) is 18.4. The van der Waals surface area contributed by atoms with Crippen molar-refractivity contribution < 1.29 is 9.53 Å². The van der Waals surface area contributed by atoms with Crippen LogP contribution in [0.2, 0.25) is 5.02 Å². The van der Waals surface area contributed by atoms with Gasteiger partial charge in [-0.2, -0.15) is 0 Å². The molecule has 0 radical (unpaired) electrons. The predicted octanol–water partition coefficient (Wildman–Crippen LogP) is 6.21. The molecule has 0 amide bonds. The molecule has 0 saturated carbocycles. The second-order valence-corrected chi connectivity index (χ2v) is 6.86. The molecule has 0 aliphatic heterocycles. The molecular weight excluding hydrogens is 346 g/mol. The minimum Gasteiger partial charge on any atom is -0.462 e. The van der Waals surface area contributed by atoms with Crippen LogP contribution in [-0.4, -0.2) is 17.6 Å². The molecule has 1 heterocycles. The van der Waals surface area contributed by atoms with Crippen LogP contribution < -0.4 is 0 Å². The molecule has 4 heteroatoms. The lowest BCUT2D eigenvalue weighted by molar-refractivity contribution is 0.0500. The number of unbranched alkanes of at least 4 members (excludes halogenated alkanes) is 2. The Morgan fingerprint density at radius 2 is 1.85 bits per heavy atom. The van der Waals surface area contributed by atoms with E-state index in [2.05, 4.69) is 6.92 Å². The highest BCUT2D eigenvalue weighted by atomic mass is 35.5. The van der Waals surface area contributed by atoms with E-state index in [0.29, 0.717) is 22.6 Å². The van der Waals surface area contributed by atoms with Gasteiger partial charge in [0.05, 0.1) is 23.4 Å². The fourth-order valence-corrected chi connectivity index (χ4v) is 3.01. The first-order valence-electron chi connectivity index (χ1n) is 8.93. The molecule has 3 nitrogen and oxygen atoms in total. The second kappa shape index (κ2) is 8.33. The van der Waals surface area contributed by atoms with Crippen LogP contribution in [-0.2, 0) is 4.74 Å². The Kier molecular flexibility index (Phi) is 5.89. The molecule has 1 aromatic heterocycles. The number of carbonyl (C=O) groups excluding carboxylic acids is 1. The number of hydrogen-bond acceptors (Lipinski definition) is 3. The molecule has 0 fully saturated rings. The van der Waals surface area contributed by atoms with Gasteiger partial charge in [0.2, 0.25) is 0 Å². The van der Waals surface area contributed by atoms with E-state index in [0.717, 1.165) is 36.0 Å². The van der Waals surface area contributed by atoms with Gasteiger partial charge in [-0.05, 0) is 37.6 Å². The largest absolute Gasteiger partial charge is 0.462 e. The third-order valence-electron chi connectivity index (χ3n) is 4.32. The number of halogens is 1. The number of hydrogen-bond donors (Lipinski definition) is 0. The van der Waals surface area contributed by atoms with Crippen molar-refractivity contribution in [1.82, 2.24) is 4.98 Å². The standard InChI is InChI=1S/C22H22ClNO2/c1-3-4-5-12-26-22(25)19-14-21(16-8-6-15(2)7-9-16)24-20-11-10-17(23)13-18(19)20/h6-11,13-14H,3-5,12H2,1-2H3. The maximum atomic E-state index is 12.7. The van der Waals surface area contributed by atoms with E-state index in [1.807, 2.05) is 37.3 Å². The van der Waals surface area contributed by atoms with Gasteiger partial charge in [0.25, 0.3) is 0 Å². The predicted molar refractivity (Wildman–Crippen MR) is 107 cm³/mol. The van der Waals surface area contributed by atoms with Crippen molar-refractivity contribution in [2.75, 3.05) is 6.61 Å². The highest BCUT2D eigenvalue weighted by Crippen LogP contribution is 2.28. The fourth-order valence-electron chi connectivity index (χ4n) is 2.83. The molecule has 0 bridgehead atoms. The molecule has 0 atom stereocenters. The van der Waals surface area contributed by atoms with Crippen molar-refractivity contribution in [3.8, 4) is 11.3 Å². The number of aryl methyl sites for hydroxylation is 1.